The molecule has 1 unspecified atom stereocenters. The molecule has 0 saturated carbocycles. The molecule has 1 saturated heterocycles. The van der Waals surface area contributed by atoms with Gasteiger partial charge in [0.25, 0.3) is 0 Å². The number of unbranched alkanes of at least 4 members (excludes halogenated alkanes) is 1. The summed E-state index contributed by atoms with van der Waals surface area (Å²) in [6.07, 6.45) is 3.57. The first kappa shape index (κ1) is 26.9. The van der Waals surface area contributed by atoms with Crippen LogP contribution < -0.4 is 10.6 Å². The standard InChI is InChI=1S/C20H43N5O.HI/c1-17(2)15-19(25-11-13-26-14-12-25)16-23-20(21-5)22-9-7-8-10-24(6)18(3)4;/h17-19H,7-16H2,1-6H3,(H2,21,22,23);1H. The highest BCUT2D eigenvalue weighted by Crippen LogP contribution is 2.13. The molecule has 0 spiro atoms. The number of hydrogen-bond acceptors (Lipinski definition) is 4. The number of hydrogen-bond donors (Lipinski definition) is 2. The molecule has 0 aromatic rings. The average Bonchev–Trinajstić information content (AvgIpc) is 2.62. The van der Waals surface area contributed by atoms with Crippen LogP contribution in [-0.2, 0) is 4.74 Å². The van der Waals surface area contributed by atoms with Crippen molar-refractivity contribution in [1.29, 1.82) is 0 Å². The summed E-state index contributed by atoms with van der Waals surface area (Å²) in [4.78, 5) is 9.34. The Morgan fingerprint density at radius 3 is 2.33 bits per heavy atom. The Morgan fingerprint density at radius 1 is 1.11 bits per heavy atom. The normalized spacial score (nSPS) is 17.3. The van der Waals surface area contributed by atoms with Crippen LogP contribution in [0.25, 0.3) is 0 Å². The number of aliphatic imine (C=N–C) groups is 1. The Balaban J connectivity index is 0.00000676. The molecule has 0 amide bonds. The van der Waals surface area contributed by atoms with E-state index in [1.165, 1.54) is 12.8 Å². The largest absolute Gasteiger partial charge is 0.379 e. The predicted octanol–water partition coefficient (Wildman–Crippen LogP) is 2.64. The monoisotopic (exact) mass is 497 g/mol. The van der Waals surface area contributed by atoms with Crippen molar-refractivity contribution in [3.05, 3.63) is 0 Å². The van der Waals surface area contributed by atoms with Crippen LogP contribution in [0.1, 0.15) is 47.0 Å². The molecule has 27 heavy (non-hydrogen) atoms. The van der Waals surface area contributed by atoms with Crippen LogP contribution in [0.15, 0.2) is 4.99 Å². The van der Waals surface area contributed by atoms with E-state index in [4.69, 9.17) is 4.74 Å². The van der Waals surface area contributed by atoms with Crippen LogP contribution in [0.2, 0.25) is 0 Å². The number of guanidine groups is 1. The quantitative estimate of drug-likeness (QED) is 0.199. The minimum Gasteiger partial charge on any atom is -0.379 e. The van der Waals surface area contributed by atoms with Crippen molar-refractivity contribution >= 4 is 29.9 Å². The number of nitrogens with zero attached hydrogens (tertiary/aromatic N) is 3. The van der Waals surface area contributed by atoms with Gasteiger partial charge in [0.05, 0.1) is 13.2 Å². The summed E-state index contributed by atoms with van der Waals surface area (Å²) in [6.45, 7) is 15.9. The fourth-order valence-electron chi connectivity index (χ4n) is 3.23. The Bertz CT molecular complexity index is 387. The van der Waals surface area contributed by atoms with Crippen LogP contribution in [0, 0.1) is 5.92 Å². The highest BCUT2D eigenvalue weighted by Gasteiger charge is 2.22. The molecule has 0 aliphatic carbocycles. The van der Waals surface area contributed by atoms with Crippen molar-refractivity contribution < 1.29 is 4.74 Å². The minimum absolute atomic E-state index is 0. The molecule has 0 bridgehead atoms. The Morgan fingerprint density at radius 2 is 1.78 bits per heavy atom. The first-order valence-electron chi connectivity index (χ1n) is 10.4. The number of halogens is 1. The number of ether oxygens (including phenoxy) is 1. The maximum absolute atomic E-state index is 5.51. The molecule has 1 aliphatic rings. The highest BCUT2D eigenvalue weighted by molar-refractivity contribution is 14.0. The summed E-state index contributed by atoms with van der Waals surface area (Å²) in [5, 5.41) is 7.00. The van der Waals surface area contributed by atoms with Crippen LogP contribution in [-0.4, -0.2) is 87.9 Å². The van der Waals surface area contributed by atoms with Crippen LogP contribution in [0.4, 0.5) is 0 Å². The third-order valence-electron chi connectivity index (χ3n) is 5.15. The first-order chi connectivity index (χ1) is 12.4. The minimum atomic E-state index is 0. The SMILES string of the molecule is CN=C(NCCCCN(C)C(C)C)NCC(CC(C)C)N1CCOCC1.I. The molecule has 1 atom stereocenters. The van der Waals surface area contributed by atoms with E-state index in [0.717, 1.165) is 58.3 Å². The molecule has 6 nitrogen and oxygen atoms in total. The van der Waals surface area contributed by atoms with E-state index in [-0.39, 0.29) is 24.0 Å². The van der Waals surface area contributed by atoms with Crippen molar-refractivity contribution in [2.75, 3.05) is 60.0 Å². The fourth-order valence-corrected chi connectivity index (χ4v) is 3.23. The summed E-state index contributed by atoms with van der Waals surface area (Å²) in [5.74, 6) is 1.61. The lowest BCUT2D eigenvalue weighted by Gasteiger charge is -2.35. The molecule has 0 aromatic carbocycles. The van der Waals surface area contributed by atoms with Gasteiger partial charge in [0.2, 0.25) is 0 Å². The van der Waals surface area contributed by atoms with E-state index in [9.17, 15) is 0 Å². The van der Waals surface area contributed by atoms with E-state index in [1.807, 2.05) is 7.05 Å². The molecule has 7 heteroatoms. The van der Waals surface area contributed by atoms with Crippen molar-refractivity contribution in [1.82, 2.24) is 20.4 Å². The van der Waals surface area contributed by atoms with Crippen LogP contribution >= 0.6 is 24.0 Å². The van der Waals surface area contributed by atoms with E-state index < -0.39 is 0 Å². The molecule has 0 radical (unpaired) electrons. The molecule has 1 heterocycles. The van der Waals surface area contributed by atoms with Gasteiger partial charge in [0, 0.05) is 45.3 Å². The van der Waals surface area contributed by atoms with E-state index in [2.05, 4.69) is 60.2 Å². The van der Waals surface area contributed by atoms with Gasteiger partial charge in [-0.05, 0) is 52.6 Å². The summed E-state index contributed by atoms with van der Waals surface area (Å²) >= 11 is 0. The number of morpholine rings is 1. The van der Waals surface area contributed by atoms with Gasteiger partial charge in [-0.15, -0.1) is 24.0 Å². The number of nitrogens with one attached hydrogen (secondary N) is 2. The summed E-state index contributed by atoms with van der Waals surface area (Å²) in [6, 6.07) is 1.16. The fraction of sp³-hybridized carbons (Fsp3) is 0.950. The molecule has 162 valence electrons. The molecule has 1 fully saturated rings. The van der Waals surface area contributed by atoms with Gasteiger partial charge in [-0.25, -0.2) is 0 Å². The van der Waals surface area contributed by atoms with Gasteiger partial charge >= 0.3 is 0 Å². The van der Waals surface area contributed by atoms with Crippen LogP contribution in [0.3, 0.4) is 0 Å². The van der Waals surface area contributed by atoms with Crippen molar-refractivity contribution in [3.63, 3.8) is 0 Å². The van der Waals surface area contributed by atoms with Crippen molar-refractivity contribution in [2.45, 2.75) is 59.0 Å². The molecular weight excluding hydrogens is 453 g/mol. The molecule has 1 aliphatic heterocycles. The summed E-state index contributed by atoms with van der Waals surface area (Å²) in [5.41, 5.74) is 0. The Labute approximate surface area is 184 Å². The van der Waals surface area contributed by atoms with Crippen LogP contribution in [0.5, 0.6) is 0 Å². The van der Waals surface area contributed by atoms with E-state index in [1.54, 1.807) is 0 Å². The lowest BCUT2D eigenvalue weighted by Crippen LogP contribution is -2.51. The van der Waals surface area contributed by atoms with Gasteiger partial charge in [-0.3, -0.25) is 9.89 Å². The zero-order chi connectivity index (χ0) is 19.4. The second kappa shape index (κ2) is 15.8. The van der Waals surface area contributed by atoms with Gasteiger partial charge in [-0.1, -0.05) is 13.8 Å². The average molecular weight is 498 g/mol. The molecule has 2 N–H and O–H groups in total. The Kier molecular flexibility index (Phi) is 15.7. The molecule has 1 rings (SSSR count). The molecule has 0 aromatic heterocycles. The lowest BCUT2D eigenvalue weighted by molar-refractivity contribution is 0.0132. The van der Waals surface area contributed by atoms with E-state index >= 15 is 0 Å². The van der Waals surface area contributed by atoms with E-state index in [0.29, 0.717) is 18.0 Å². The summed E-state index contributed by atoms with van der Waals surface area (Å²) in [7, 11) is 4.05. The van der Waals surface area contributed by atoms with Crippen molar-refractivity contribution in [2.24, 2.45) is 10.9 Å². The van der Waals surface area contributed by atoms with Gasteiger partial charge < -0.3 is 20.3 Å². The topological polar surface area (TPSA) is 52.1 Å². The highest BCUT2D eigenvalue weighted by atomic mass is 127. The second-order valence-corrected chi connectivity index (χ2v) is 8.09. The smallest absolute Gasteiger partial charge is 0.191 e. The van der Waals surface area contributed by atoms with Gasteiger partial charge in [0.1, 0.15) is 0 Å². The van der Waals surface area contributed by atoms with Gasteiger partial charge in [-0.2, -0.15) is 0 Å². The van der Waals surface area contributed by atoms with Gasteiger partial charge in [0.15, 0.2) is 5.96 Å². The lowest BCUT2D eigenvalue weighted by atomic mass is 10.0. The summed E-state index contributed by atoms with van der Waals surface area (Å²) < 4.78 is 5.51. The number of rotatable bonds is 11. The second-order valence-electron chi connectivity index (χ2n) is 8.09. The zero-order valence-corrected chi connectivity index (χ0v) is 20.8. The first-order valence-corrected chi connectivity index (χ1v) is 10.4. The zero-order valence-electron chi connectivity index (χ0n) is 18.5. The molecular formula is C20H44IN5O. The maximum atomic E-state index is 5.51. The van der Waals surface area contributed by atoms with Crippen molar-refractivity contribution in [3.8, 4) is 0 Å². The third-order valence-corrected chi connectivity index (χ3v) is 5.15. The Hall–Kier alpha value is -0.120. The maximum Gasteiger partial charge on any atom is 0.191 e. The third kappa shape index (κ3) is 12.1. The predicted molar refractivity (Wildman–Crippen MR) is 127 cm³/mol.